The van der Waals surface area contributed by atoms with Gasteiger partial charge in [0.15, 0.2) is 5.41 Å². The standard InChI is InChI=1S/C35H52O7/c1-5-41-31(36)35(32(37)42-6-2,23-40-21-24-10-8-7-9-11-24)30-15-14-29-28-13-12-25-20-34(38,22-39-4)19-17-26(25)27(28)16-18-33(29,30)3/h7-11,25-30,38H,5-6,12-23H2,1-4H3/t25-,26+,27-,28-,29+,30+,33+,34-/m1/s1. The average molecular weight is 585 g/mol. The molecule has 1 aromatic rings. The van der Waals surface area contributed by atoms with Gasteiger partial charge in [-0.15, -0.1) is 0 Å². The smallest absolute Gasteiger partial charge is 0.326 e. The van der Waals surface area contributed by atoms with E-state index in [-0.39, 0.29) is 31.2 Å². The van der Waals surface area contributed by atoms with Crippen molar-refractivity contribution in [2.45, 2.75) is 90.8 Å². The maximum Gasteiger partial charge on any atom is 0.326 e. The van der Waals surface area contributed by atoms with Gasteiger partial charge in [0.05, 0.1) is 38.6 Å². The highest BCUT2D eigenvalue weighted by Gasteiger charge is 2.67. The van der Waals surface area contributed by atoms with Crippen LogP contribution in [0.15, 0.2) is 30.3 Å². The molecule has 42 heavy (non-hydrogen) atoms. The fourth-order valence-corrected chi connectivity index (χ4v) is 10.2. The topological polar surface area (TPSA) is 91.3 Å². The molecule has 0 bridgehead atoms. The highest BCUT2D eigenvalue weighted by atomic mass is 16.6. The molecule has 234 valence electrons. The summed E-state index contributed by atoms with van der Waals surface area (Å²) in [6, 6.07) is 9.86. The molecule has 7 heteroatoms. The van der Waals surface area contributed by atoms with Crippen LogP contribution in [0.5, 0.6) is 0 Å². The van der Waals surface area contributed by atoms with E-state index in [0.717, 1.165) is 63.4 Å². The van der Waals surface area contributed by atoms with Crippen molar-refractivity contribution in [2.24, 2.45) is 46.3 Å². The van der Waals surface area contributed by atoms with E-state index in [4.69, 9.17) is 18.9 Å². The Balaban J connectivity index is 1.41. The zero-order valence-electron chi connectivity index (χ0n) is 26.1. The van der Waals surface area contributed by atoms with Crippen molar-refractivity contribution < 1.29 is 33.6 Å². The fourth-order valence-electron chi connectivity index (χ4n) is 10.2. The number of ether oxygens (including phenoxy) is 4. The Labute approximate surface area is 252 Å². The molecule has 8 atom stereocenters. The minimum Gasteiger partial charge on any atom is -0.465 e. The lowest BCUT2D eigenvalue weighted by molar-refractivity contribution is -0.191. The van der Waals surface area contributed by atoms with E-state index in [1.807, 2.05) is 30.3 Å². The first-order valence-corrected chi connectivity index (χ1v) is 16.4. The first-order chi connectivity index (χ1) is 20.2. The number of aliphatic hydroxyl groups is 1. The summed E-state index contributed by atoms with van der Waals surface area (Å²) in [4.78, 5) is 28.0. The lowest BCUT2D eigenvalue weighted by Gasteiger charge is -2.58. The van der Waals surface area contributed by atoms with Gasteiger partial charge < -0.3 is 24.1 Å². The lowest BCUT2D eigenvalue weighted by atomic mass is 9.47. The van der Waals surface area contributed by atoms with Gasteiger partial charge in [-0.25, -0.2) is 0 Å². The van der Waals surface area contributed by atoms with Crippen LogP contribution in [0.4, 0.5) is 0 Å². The van der Waals surface area contributed by atoms with Gasteiger partial charge in [-0.2, -0.15) is 0 Å². The van der Waals surface area contributed by atoms with Gasteiger partial charge in [-0.1, -0.05) is 37.3 Å². The van der Waals surface area contributed by atoms with Gasteiger partial charge in [0, 0.05) is 7.11 Å². The molecular weight excluding hydrogens is 532 g/mol. The van der Waals surface area contributed by atoms with Crippen LogP contribution in [0, 0.1) is 46.3 Å². The quantitative estimate of drug-likeness (QED) is 0.253. The highest BCUT2D eigenvalue weighted by molar-refractivity contribution is 6.01. The van der Waals surface area contributed by atoms with E-state index in [9.17, 15) is 14.7 Å². The third kappa shape index (κ3) is 5.66. The molecule has 0 heterocycles. The predicted molar refractivity (Wildman–Crippen MR) is 159 cm³/mol. The maximum atomic E-state index is 14.0. The van der Waals surface area contributed by atoms with Crippen LogP contribution >= 0.6 is 0 Å². The molecule has 4 aliphatic rings. The number of hydrogen-bond donors (Lipinski definition) is 1. The molecule has 5 rings (SSSR count). The zero-order chi connectivity index (χ0) is 30.0. The van der Waals surface area contributed by atoms with Crippen LogP contribution in [-0.2, 0) is 35.1 Å². The highest BCUT2D eigenvalue weighted by Crippen LogP contribution is 2.67. The Hall–Kier alpha value is -1.96. The first kappa shape index (κ1) is 31.5. The summed E-state index contributed by atoms with van der Waals surface area (Å²) in [5, 5.41) is 11.1. The van der Waals surface area contributed by atoms with Gasteiger partial charge in [-0.05, 0) is 118 Å². The van der Waals surface area contributed by atoms with Gasteiger partial charge in [0.2, 0.25) is 0 Å². The molecule has 0 aliphatic heterocycles. The fraction of sp³-hybridized carbons (Fsp3) is 0.771. The third-order valence-corrected chi connectivity index (χ3v) is 11.8. The molecule has 1 aromatic carbocycles. The number of methoxy groups -OCH3 is 1. The van der Waals surface area contributed by atoms with Crippen LogP contribution in [-0.4, -0.2) is 56.2 Å². The van der Waals surface area contributed by atoms with E-state index in [0.29, 0.717) is 42.8 Å². The molecule has 0 unspecified atom stereocenters. The molecule has 4 saturated carbocycles. The van der Waals surface area contributed by atoms with Crippen LogP contribution in [0.1, 0.15) is 84.1 Å². The van der Waals surface area contributed by atoms with Crippen molar-refractivity contribution in [1.82, 2.24) is 0 Å². The molecule has 0 aromatic heterocycles. The summed E-state index contributed by atoms with van der Waals surface area (Å²) in [5.74, 6) is 1.64. The summed E-state index contributed by atoms with van der Waals surface area (Å²) < 4.78 is 23.0. The maximum absolute atomic E-state index is 14.0. The second kappa shape index (κ2) is 13.0. The SMILES string of the molecule is CCOC(=O)C(COCc1ccccc1)(C(=O)OCC)[C@H]1CC[C@H]2[C@@H]3CC[C@@H]4C[C@@](O)(COC)CC[C@@H]4[C@H]3CC[C@]12C. The van der Waals surface area contributed by atoms with Crippen molar-refractivity contribution in [3.05, 3.63) is 35.9 Å². The Bertz CT molecular complexity index is 1060. The van der Waals surface area contributed by atoms with Crippen molar-refractivity contribution in [2.75, 3.05) is 33.5 Å². The summed E-state index contributed by atoms with van der Waals surface area (Å²) in [5.41, 5.74) is -1.37. The Morgan fingerprint density at radius 2 is 1.60 bits per heavy atom. The number of carbonyl (C=O) groups excluding carboxylic acids is 2. The van der Waals surface area contributed by atoms with Gasteiger partial charge in [-0.3, -0.25) is 9.59 Å². The van der Waals surface area contributed by atoms with Gasteiger partial charge >= 0.3 is 11.9 Å². The number of carbonyl (C=O) groups is 2. The van der Waals surface area contributed by atoms with E-state index >= 15 is 0 Å². The molecule has 1 N–H and O–H groups in total. The molecule has 0 spiro atoms. The van der Waals surface area contributed by atoms with Crippen molar-refractivity contribution in [3.8, 4) is 0 Å². The molecule has 0 amide bonds. The Kier molecular flexibility index (Phi) is 9.70. The normalized spacial score (nSPS) is 35.9. The molecular formula is C35H52O7. The van der Waals surface area contributed by atoms with Crippen molar-refractivity contribution in [3.63, 3.8) is 0 Å². The Morgan fingerprint density at radius 3 is 2.26 bits per heavy atom. The van der Waals surface area contributed by atoms with Gasteiger partial charge in [0.25, 0.3) is 0 Å². The summed E-state index contributed by atoms with van der Waals surface area (Å²) >= 11 is 0. The molecule has 4 fully saturated rings. The van der Waals surface area contributed by atoms with Crippen molar-refractivity contribution in [1.29, 1.82) is 0 Å². The number of rotatable bonds is 11. The van der Waals surface area contributed by atoms with Crippen LogP contribution in [0.3, 0.4) is 0 Å². The summed E-state index contributed by atoms with van der Waals surface area (Å²) in [7, 11) is 1.68. The molecule has 0 radical (unpaired) electrons. The number of fused-ring (bicyclic) bond motifs is 5. The van der Waals surface area contributed by atoms with Crippen molar-refractivity contribution >= 4 is 11.9 Å². The average Bonchev–Trinajstić information content (AvgIpc) is 3.33. The minimum atomic E-state index is -1.49. The second-order valence-corrected chi connectivity index (χ2v) is 13.9. The molecule has 4 aliphatic carbocycles. The van der Waals surface area contributed by atoms with Crippen LogP contribution in [0.25, 0.3) is 0 Å². The largest absolute Gasteiger partial charge is 0.465 e. The summed E-state index contributed by atoms with van der Waals surface area (Å²) in [6.07, 6.45) is 8.87. The molecule has 0 saturated heterocycles. The van der Waals surface area contributed by atoms with Crippen LogP contribution in [0.2, 0.25) is 0 Å². The van der Waals surface area contributed by atoms with E-state index in [1.165, 1.54) is 0 Å². The van der Waals surface area contributed by atoms with E-state index in [1.54, 1.807) is 21.0 Å². The number of benzene rings is 1. The minimum absolute atomic E-state index is 0.0383. The van der Waals surface area contributed by atoms with Crippen LogP contribution < -0.4 is 0 Å². The van der Waals surface area contributed by atoms with E-state index in [2.05, 4.69) is 6.92 Å². The van der Waals surface area contributed by atoms with Gasteiger partial charge in [0.1, 0.15) is 0 Å². The second-order valence-electron chi connectivity index (χ2n) is 13.9. The molecule has 7 nitrogen and oxygen atoms in total. The number of hydrogen-bond acceptors (Lipinski definition) is 7. The Morgan fingerprint density at radius 1 is 0.905 bits per heavy atom. The lowest BCUT2D eigenvalue weighted by Crippen LogP contribution is -2.57. The third-order valence-electron chi connectivity index (χ3n) is 11.8. The predicted octanol–water partition coefficient (Wildman–Crippen LogP) is 5.96. The number of esters is 2. The van der Waals surface area contributed by atoms with E-state index < -0.39 is 23.0 Å². The zero-order valence-corrected chi connectivity index (χ0v) is 26.1. The first-order valence-electron chi connectivity index (χ1n) is 16.4. The monoisotopic (exact) mass is 584 g/mol. The summed E-state index contributed by atoms with van der Waals surface area (Å²) in [6.45, 7) is 7.02.